The zero-order chi connectivity index (χ0) is 12.6. The first-order chi connectivity index (χ1) is 8.72. The summed E-state index contributed by atoms with van der Waals surface area (Å²) in [6.07, 6.45) is 7.16. The largest absolute Gasteiger partial charge is 0.411 e. The van der Waals surface area contributed by atoms with Crippen LogP contribution in [0.2, 0.25) is 0 Å². The van der Waals surface area contributed by atoms with E-state index in [4.69, 9.17) is 9.94 Å². The van der Waals surface area contributed by atoms with Crippen LogP contribution >= 0.6 is 0 Å². The first kappa shape index (κ1) is 12.4. The molecule has 2 atom stereocenters. The Morgan fingerprint density at radius 2 is 2.28 bits per heavy atom. The van der Waals surface area contributed by atoms with E-state index in [1.165, 1.54) is 32.1 Å². The maximum absolute atomic E-state index is 8.94. The van der Waals surface area contributed by atoms with E-state index in [9.17, 15) is 0 Å². The maximum Gasteiger partial charge on any atom is 0.0697 e. The first-order valence-electron chi connectivity index (χ1n) is 7.31. The summed E-state index contributed by atoms with van der Waals surface area (Å²) in [6, 6.07) is 0.682. The Kier molecular flexibility index (Phi) is 3.32. The van der Waals surface area contributed by atoms with Crippen molar-refractivity contribution in [2.24, 2.45) is 11.1 Å². The highest BCUT2D eigenvalue weighted by Crippen LogP contribution is 2.43. The average molecular weight is 252 g/mol. The lowest BCUT2D eigenvalue weighted by Crippen LogP contribution is -2.54. The topological polar surface area (TPSA) is 45.1 Å². The van der Waals surface area contributed by atoms with Gasteiger partial charge >= 0.3 is 0 Å². The smallest absolute Gasteiger partial charge is 0.0697 e. The molecule has 18 heavy (non-hydrogen) atoms. The van der Waals surface area contributed by atoms with Crippen LogP contribution in [-0.2, 0) is 4.74 Å². The fraction of sp³-hybridized carbons (Fsp3) is 0.929. The van der Waals surface area contributed by atoms with Crippen LogP contribution in [0.15, 0.2) is 5.16 Å². The van der Waals surface area contributed by atoms with E-state index in [1.807, 2.05) is 0 Å². The van der Waals surface area contributed by atoms with Gasteiger partial charge in [-0.3, -0.25) is 4.90 Å². The van der Waals surface area contributed by atoms with E-state index < -0.39 is 0 Å². The predicted octanol–water partition coefficient (Wildman–Crippen LogP) is 2.26. The molecule has 0 bridgehead atoms. The zero-order valence-corrected chi connectivity index (χ0v) is 11.3. The van der Waals surface area contributed by atoms with Gasteiger partial charge in [-0.1, -0.05) is 12.1 Å². The molecule has 2 saturated heterocycles. The Bertz CT molecular complexity index is 339. The number of nitrogens with zero attached hydrogens (tertiary/aromatic N) is 2. The van der Waals surface area contributed by atoms with Gasteiger partial charge in [0.25, 0.3) is 0 Å². The summed E-state index contributed by atoms with van der Waals surface area (Å²) >= 11 is 0. The maximum atomic E-state index is 8.94. The summed E-state index contributed by atoms with van der Waals surface area (Å²) in [5, 5.41) is 12.4. The highest BCUT2D eigenvalue weighted by Gasteiger charge is 2.44. The lowest BCUT2D eigenvalue weighted by molar-refractivity contribution is -0.149. The zero-order valence-electron chi connectivity index (χ0n) is 11.3. The Hall–Kier alpha value is -0.610. The monoisotopic (exact) mass is 252 g/mol. The van der Waals surface area contributed by atoms with E-state index in [0.29, 0.717) is 12.0 Å². The number of hydrogen-bond donors (Lipinski definition) is 1. The first-order valence-corrected chi connectivity index (χ1v) is 7.31. The van der Waals surface area contributed by atoms with Crippen LogP contribution < -0.4 is 0 Å². The molecule has 1 aliphatic carbocycles. The van der Waals surface area contributed by atoms with E-state index in [2.05, 4.69) is 17.0 Å². The van der Waals surface area contributed by atoms with Crippen LogP contribution in [0.25, 0.3) is 0 Å². The molecule has 0 aromatic rings. The molecule has 2 aliphatic heterocycles. The third-order valence-corrected chi connectivity index (χ3v) is 5.11. The highest BCUT2D eigenvalue weighted by molar-refractivity contribution is 5.87. The van der Waals surface area contributed by atoms with Gasteiger partial charge < -0.3 is 9.94 Å². The summed E-state index contributed by atoms with van der Waals surface area (Å²) in [5.41, 5.74) is 1.20. The minimum absolute atomic E-state index is 0.234. The van der Waals surface area contributed by atoms with E-state index in [1.54, 1.807) is 0 Å². The van der Waals surface area contributed by atoms with Crippen LogP contribution in [-0.4, -0.2) is 47.2 Å². The second-order valence-electron chi connectivity index (χ2n) is 6.27. The van der Waals surface area contributed by atoms with Crippen LogP contribution in [0.5, 0.6) is 0 Å². The third kappa shape index (κ3) is 2.16. The Morgan fingerprint density at radius 3 is 2.89 bits per heavy atom. The number of likely N-dealkylation sites (tertiary alicyclic amines) is 1. The van der Waals surface area contributed by atoms with E-state index in [-0.39, 0.29) is 5.60 Å². The van der Waals surface area contributed by atoms with E-state index >= 15 is 0 Å². The van der Waals surface area contributed by atoms with Crippen molar-refractivity contribution >= 4 is 5.71 Å². The fourth-order valence-electron chi connectivity index (χ4n) is 3.77. The molecule has 0 radical (unpaired) electrons. The second kappa shape index (κ2) is 4.82. The summed E-state index contributed by atoms with van der Waals surface area (Å²) in [4.78, 5) is 2.60. The minimum atomic E-state index is 0.234. The quantitative estimate of drug-likeness (QED) is 0.575. The number of oxime groups is 1. The van der Waals surface area contributed by atoms with Crippen molar-refractivity contribution in [1.82, 2.24) is 4.90 Å². The SMILES string of the molecule is CC1CN(C2CCOC3(CCC3)C2)CCC1=NO. The molecule has 4 nitrogen and oxygen atoms in total. The van der Waals surface area contributed by atoms with Gasteiger partial charge in [-0.2, -0.15) is 0 Å². The Labute approximate surface area is 109 Å². The Balaban J connectivity index is 1.61. The number of hydrogen-bond acceptors (Lipinski definition) is 4. The summed E-state index contributed by atoms with van der Waals surface area (Å²) in [6.45, 7) is 5.18. The van der Waals surface area contributed by atoms with Crippen LogP contribution in [0.3, 0.4) is 0 Å². The molecule has 4 heteroatoms. The highest BCUT2D eigenvalue weighted by atomic mass is 16.5. The van der Waals surface area contributed by atoms with Crippen LogP contribution in [0, 0.1) is 5.92 Å². The van der Waals surface area contributed by atoms with Gasteiger partial charge in [-0.15, -0.1) is 0 Å². The molecule has 0 amide bonds. The van der Waals surface area contributed by atoms with Gasteiger partial charge in [-0.05, 0) is 32.1 Å². The van der Waals surface area contributed by atoms with Gasteiger partial charge in [0.05, 0.1) is 11.3 Å². The molecule has 3 rings (SSSR count). The molecular formula is C14H24N2O2. The van der Waals surface area contributed by atoms with Crippen molar-refractivity contribution in [1.29, 1.82) is 0 Å². The lowest BCUT2D eigenvalue weighted by atomic mass is 9.73. The summed E-state index contributed by atoms with van der Waals surface area (Å²) < 4.78 is 6.00. The minimum Gasteiger partial charge on any atom is -0.411 e. The van der Waals surface area contributed by atoms with Gasteiger partial charge in [0.2, 0.25) is 0 Å². The molecule has 1 saturated carbocycles. The third-order valence-electron chi connectivity index (χ3n) is 5.11. The molecular weight excluding hydrogens is 228 g/mol. The normalized spacial score (nSPS) is 38.8. The molecule has 102 valence electrons. The predicted molar refractivity (Wildman–Crippen MR) is 70.1 cm³/mol. The van der Waals surface area contributed by atoms with Crippen molar-refractivity contribution in [2.75, 3.05) is 19.7 Å². The van der Waals surface area contributed by atoms with Gasteiger partial charge in [-0.25, -0.2) is 0 Å². The molecule has 3 fully saturated rings. The van der Waals surface area contributed by atoms with E-state index in [0.717, 1.165) is 31.8 Å². The van der Waals surface area contributed by atoms with Gasteiger partial charge in [0, 0.05) is 38.1 Å². The molecule has 0 aromatic carbocycles. The number of ether oxygens (including phenoxy) is 1. The van der Waals surface area contributed by atoms with Crippen LogP contribution in [0.1, 0.15) is 45.4 Å². The lowest BCUT2D eigenvalue weighted by Gasteiger charge is -2.50. The molecule has 2 unspecified atom stereocenters. The van der Waals surface area contributed by atoms with Crippen molar-refractivity contribution in [3.63, 3.8) is 0 Å². The number of rotatable bonds is 1. The number of piperidine rings is 1. The molecule has 2 heterocycles. The van der Waals surface area contributed by atoms with Crippen molar-refractivity contribution in [3.05, 3.63) is 0 Å². The van der Waals surface area contributed by atoms with Crippen molar-refractivity contribution in [2.45, 2.75) is 57.1 Å². The van der Waals surface area contributed by atoms with Gasteiger partial charge in [0.1, 0.15) is 0 Å². The van der Waals surface area contributed by atoms with Crippen molar-refractivity contribution in [3.8, 4) is 0 Å². The average Bonchev–Trinajstić information content (AvgIpc) is 2.37. The second-order valence-corrected chi connectivity index (χ2v) is 6.27. The fourth-order valence-corrected chi connectivity index (χ4v) is 3.77. The Morgan fingerprint density at radius 1 is 1.44 bits per heavy atom. The summed E-state index contributed by atoms with van der Waals surface area (Å²) in [7, 11) is 0. The molecule has 1 spiro atoms. The summed E-state index contributed by atoms with van der Waals surface area (Å²) in [5.74, 6) is 0.393. The van der Waals surface area contributed by atoms with Gasteiger partial charge in [0.15, 0.2) is 0 Å². The molecule has 3 aliphatic rings. The van der Waals surface area contributed by atoms with Crippen molar-refractivity contribution < 1.29 is 9.94 Å². The standard InChI is InChI=1S/C14H24N2O2/c1-11-10-16(7-3-13(11)15-17)12-4-8-18-14(9-12)5-2-6-14/h11-12,17H,2-10H2,1H3. The molecule has 0 aromatic heterocycles. The van der Waals surface area contributed by atoms with Crippen LogP contribution in [0.4, 0.5) is 0 Å². The molecule has 1 N–H and O–H groups in total.